The molecular formula is C29H32N2O5. The minimum atomic E-state index is -1.42. The van der Waals surface area contributed by atoms with E-state index in [9.17, 15) is 19.5 Å². The summed E-state index contributed by atoms with van der Waals surface area (Å²) >= 11 is 0. The number of primary amides is 1. The van der Waals surface area contributed by atoms with E-state index in [1.165, 1.54) is 0 Å². The number of carboxylic acid groups (broad SMARTS) is 1. The smallest absolute Gasteiger partial charge is 0.408 e. The number of carbonyl (C=O) groups is 3. The maximum atomic E-state index is 13.2. The number of alkyl carbamates (subject to hydrolysis) is 1. The molecule has 0 aliphatic heterocycles. The van der Waals surface area contributed by atoms with E-state index in [0.717, 1.165) is 16.7 Å². The Morgan fingerprint density at radius 1 is 0.806 bits per heavy atom. The molecule has 2 amide bonds. The number of nitrogens with two attached hydrogens (primary N) is 1. The second-order valence-corrected chi connectivity index (χ2v) is 9.63. The van der Waals surface area contributed by atoms with Gasteiger partial charge in [-0.05, 0) is 43.9 Å². The van der Waals surface area contributed by atoms with Crippen LogP contribution in [0, 0.1) is 5.92 Å². The maximum absolute atomic E-state index is 13.2. The fourth-order valence-corrected chi connectivity index (χ4v) is 4.62. The Balaban J connectivity index is 2.22. The fraction of sp³-hybridized carbons (Fsp3) is 0.276. The van der Waals surface area contributed by atoms with E-state index in [2.05, 4.69) is 5.32 Å². The van der Waals surface area contributed by atoms with E-state index in [4.69, 9.17) is 10.5 Å². The van der Waals surface area contributed by atoms with Gasteiger partial charge in [-0.15, -0.1) is 0 Å². The zero-order valence-electron chi connectivity index (χ0n) is 20.7. The first kappa shape index (κ1) is 26.5. The monoisotopic (exact) mass is 488 g/mol. The van der Waals surface area contributed by atoms with Gasteiger partial charge in [0.1, 0.15) is 11.6 Å². The van der Waals surface area contributed by atoms with Crippen molar-refractivity contribution in [3.63, 3.8) is 0 Å². The Hall–Kier alpha value is -4.13. The SMILES string of the molecule is CC(C)(C)OC(=O)N[C@@H](CC(C(N)=O)C(c1ccccc1)(c1ccccc1)c1ccccc1)C(=O)O. The number of ether oxygens (including phenoxy) is 1. The summed E-state index contributed by atoms with van der Waals surface area (Å²) in [5, 5.41) is 12.4. The van der Waals surface area contributed by atoms with Crippen molar-refractivity contribution in [3.05, 3.63) is 108 Å². The van der Waals surface area contributed by atoms with Crippen LogP contribution in [0.4, 0.5) is 4.79 Å². The molecule has 0 spiro atoms. The lowest BCUT2D eigenvalue weighted by molar-refractivity contribution is -0.140. The predicted molar refractivity (Wildman–Crippen MR) is 137 cm³/mol. The van der Waals surface area contributed by atoms with E-state index in [1.807, 2.05) is 91.0 Å². The molecule has 7 nitrogen and oxygen atoms in total. The third kappa shape index (κ3) is 5.92. The van der Waals surface area contributed by atoms with Gasteiger partial charge in [0, 0.05) is 0 Å². The number of hydrogen-bond acceptors (Lipinski definition) is 4. The van der Waals surface area contributed by atoms with E-state index in [1.54, 1.807) is 20.8 Å². The first-order valence-corrected chi connectivity index (χ1v) is 11.7. The van der Waals surface area contributed by atoms with E-state index in [0.29, 0.717) is 0 Å². The van der Waals surface area contributed by atoms with Crippen LogP contribution in [0.2, 0.25) is 0 Å². The third-order valence-corrected chi connectivity index (χ3v) is 6.01. The molecule has 1 unspecified atom stereocenters. The third-order valence-electron chi connectivity index (χ3n) is 6.01. The van der Waals surface area contributed by atoms with Gasteiger partial charge in [0.05, 0.1) is 11.3 Å². The predicted octanol–water partition coefficient (Wildman–Crippen LogP) is 4.49. The zero-order chi connectivity index (χ0) is 26.3. The summed E-state index contributed by atoms with van der Waals surface area (Å²) in [7, 11) is 0. The molecule has 0 aromatic heterocycles. The number of hydrogen-bond donors (Lipinski definition) is 3. The first-order valence-electron chi connectivity index (χ1n) is 11.7. The summed E-state index contributed by atoms with van der Waals surface area (Å²) in [6.07, 6.45) is -1.15. The van der Waals surface area contributed by atoms with E-state index >= 15 is 0 Å². The van der Waals surface area contributed by atoms with Crippen molar-refractivity contribution in [3.8, 4) is 0 Å². The van der Waals surface area contributed by atoms with Gasteiger partial charge in [-0.1, -0.05) is 91.0 Å². The van der Waals surface area contributed by atoms with Gasteiger partial charge in [-0.3, -0.25) is 4.79 Å². The molecule has 7 heteroatoms. The lowest BCUT2D eigenvalue weighted by Crippen LogP contribution is -2.51. The molecule has 0 saturated heterocycles. The molecule has 4 N–H and O–H groups in total. The minimum Gasteiger partial charge on any atom is -0.480 e. The summed E-state index contributed by atoms with van der Waals surface area (Å²) in [4.78, 5) is 38.0. The highest BCUT2D eigenvalue weighted by molar-refractivity contribution is 5.84. The highest BCUT2D eigenvalue weighted by Crippen LogP contribution is 2.47. The van der Waals surface area contributed by atoms with Gasteiger partial charge in [-0.2, -0.15) is 0 Å². The summed E-state index contributed by atoms with van der Waals surface area (Å²) < 4.78 is 5.27. The maximum Gasteiger partial charge on any atom is 0.408 e. The van der Waals surface area contributed by atoms with Crippen molar-refractivity contribution >= 4 is 18.0 Å². The number of aliphatic carboxylic acids is 1. The van der Waals surface area contributed by atoms with Crippen LogP contribution in [0.1, 0.15) is 43.9 Å². The van der Waals surface area contributed by atoms with Crippen molar-refractivity contribution in [1.29, 1.82) is 0 Å². The van der Waals surface area contributed by atoms with Crippen molar-refractivity contribution < 1.29 is 24.2 Å². The van der Waals surface area contributed by atoms with Crippen LogP contribution in [0.25, 0.3) is 0 Å². The Labute approximate surface area is 211 Å². The van der Waals surface area contributed by atoms with Crippen molar-refractivity contribution in [2.45, 2.75) is 44.2 Å². The number of benzene rings is 3. The minimum absolute atomic E-state index is 0.261. The largest absolute Gasteiger partial charge is 0.480 e. The second-order valence-electron chi connectivity index (χ2n) is 9.63. The van der Waals surface area contributed by atoms with Crippen LogP contribution in [0.3, 0.4) is 0 Å². The number of rotatable bonds is 9. The van der Waals surface area contributed by atoms with Crippen LogP contribution < -0.4 is 11.1 Å². The number of amides is 2. The van der Waals surface area contributed by atoms with E-state index < -0.39 is 40.9 Å². The number of carboxylic acids is 1. The molecule has 0 fully saturated rings. The lowest BCUT2D eigenvalue weighted by Gasteiger charge is -2.42. The molecule has 0 saturated carbocycles. The van der Waals surface area contributed by atoms with Crippen LogP contribution in [0.5, 0.6) is 0 Å². The average molecular weight is 489 g/mol. The molecule has 3 rings (SSSR count). The highest BCUT2D eigenvalue weighted by atomic mass is 16.6. The molecule has 0 radical (unpaired) electrons. The van der Waals surface area contributed by atoms with Crippen LogP contribution in [-0.4, -0.2) is 34.7 Å². The molecule has 0 aliphatic rings. The Morgan fingerprint density at radius 3 is 1.50 bits per heavy atom. The van der Waals surface area contributed by atoms with Gasteiger partial charge < -0.3 is 20.9 Å². The molecule has 0 bridgehead atoms. The second kappa shape index (κ2) is 11.1. The molecule has 2 atom stereocenters. The standard InChI is InChI=1S/C29H32N2O5/c1-28(2,3)36-27(35)31-24(26(33)34)19-23(25(30)32)29(20-13-7-4-8-14-20,21-15-9-5-10-16-21)22-17-11-6-12-18-22/h4-18,23-24H,19H2,1-3H3,(H2,30,32)(H,31,35)(H,33,34)/t23?,24-/m0/s1. The van der Waals surface area contributed by atoms with Crippen molar-refractivity contribution in [2.24, 2.45) is 11.7 Å². The summed E-state index contributed by atoms with van der Waals surface area (Å²) in [6, 6.07) is 26.7. The quantitative estimate of drug-likeness (QED) is 0.384. The summed E-state index contributed by atoms with van der Waals surface area (Å²) in [5.41, 5.74) is 6.41. The molecule has 188 valence electrons. The molecule has 3 aromatic carbocycles. The highest BCUT2D eigenvalue weighted by Gasteiger charge is 2.48. The number of nitrogens with one attached hydrogen (secondary N) is 1. The first-order chi connectivity index (χ1) is 17.1. The van der Waals surface area contributed by atoms with Crippen molar-refractivity contribution in [2.75, 3.05) is 0 Å². The lowest BCUT2D eigenvalue weighted by atomic mass is 9.60. The topological polar surface area (TPSA) is 119 Å². The normalized spacial score (nSPS) is 13.3. The molecule has 0 heterocycles. The molecule has 36 heavy (non-hydrogen) atoms. The van der Waals surface area contributed by atoms with Gasteiger partial charge >= 0.3 is 12.1 Å². The fourth-order valence-electron chi connectivity index (χ4n) is 4.62. The summed E-state index contributed by atoms with van der Waals surface area (Å²) in [5.74, 6) is -3.03. The van der Waals surface area contributed by atoms with Gasteiger partial charge in [0.25, 0.3) is 0 Å². The molecule has 3 aromatic rings. The number of carbonyl (C=O) groups excluding carboxylic acids is 2. The van der Waals surface area contributed by atoms with E-state index in [-0.39, 0.29) is 6.42 Å². The molecule has 0 aliphatic carbocycles. The van der Waals surface area contributed by atoms with Gasteiger partial charge in [0.15, 0.2) is 0 Å². The van der Waals surface area contributed by atoms with Crippen LogP contribution in [0.15, 0.2) is 91.0 Å². The van der Waals surface area contributed by atoms with Gasteiger partial charge in [0.2, 0.25) is 5.91 Å². The Morgan fingerprint density at radius 2 is 1.19 bits per heavy atom. The molecular weight excluding hydrogens is 456 g/mol. The summed E-state index contributed by atoms with van der Waals surface area (Å²) in [6.45, 7) is 5.04. The van der Waals surface area contributed by atoms with Crippen molar-refractivity contribution in [1.82, 2.24) is 5.32 Å². The average Bonchev–Trinajstić information content (AvgIpc) is 2.84. The Kier molecular flexibility index (Phi) is 8.14. The zero-order valence-corrected chi connectivity index (χ0v) is 20.7. The van der Waals surface area contributed by atoms with Crippen LogP contribution in [-0.2, 0) is 19.7 Å². The van der Waals surface area contributed by atoms with Gasteiger partial charge in [-0.25, -0.2) is 9.59 Å². The Bertz CT molecular complexity index is 1080. The van der Waals surface area contributed by atoms with Crippen LogP contribution >= 0.6 is 0 Å².